The van der Waals surface area contributed by atoms with E-state index in [-0.39, 0.29) is 17.7 Å². The zero-order valence-corrected chi connectivity index (χ0v) is 10.1. The fraction of sp³-hybridized carbons (Fsp3) is 1.00. The minimum atomic E-state index is -3.15. The third-order valence-electron chi connectivity index (χ3n) is 2.82. The van der Waals surface area contributed by atoms with Crippen LogP contribution in [0.2, 0.25) is 0 Å². The summed E-state index contributed by atoms with van der Waals surface area (Å²) in [5.74, 6) is 0.693. The van der Waals surface area contributed by atoms with Crippen LogP contribution in [0.4, 0.5) is 0 Å². The number of sulfonamides is 1. The quantitative estimate of drug-likeness (QED) is 0.743. The van der Waals surface area contributed by atoms with Crippen molar-refractivity contribution in [1.29, 1.82) is 0 Å². The molecule has 1 N–H and O–H groups in total. The third-order valence-corrected chi connectivity index (χ3v) is 4.70. The van der Waals surface area contributed by atoms with Gasteiger partial charge in [0.1, 0.15) is 0 Å². The number of rotatable bonds is 5. The van der Waals surface area contributed by atoms with Crippen LogP contribution in [0.1, 0.15) is 32.6 Å². The lowest BCUT2D eigenvalue weighted by atomic mass is 10.0. The van der Waals surface area contributed by atoms with Crippen LogP contribution in [-0.2, 0) is 10.0 Å². The maximum Gasteiger partial charge on any atom is 0.213 e. The molecule has 84 valence electrons. The molecule has 1 saturated carbocycles. The largest absolute Gasteiger partial charge is 0.213 e. The van der Waals surface area contributed by atoms with Gasteiger partial charge in [0.15, 0.2) is 0 Å². The van der Waals surface area contributed by atoms with Crippen molar-refractivity contribution in [3.63, 3.8) is 0 Å². The Morgan fingerprint density at radius 3 is 2.50 bits per heavy atom. The van der Waals surface area contributed by atoms with Gasteiger partial charge in [-0.05, 0) is 25.7 Å². The second kappa shape index (κ2) is 5.33. The predicted octanol–water partition coefficient (Wildman–Crippen LogP) is 1.72. The molecule has 0 spiro atoms. The minimum absolute atomic E-state index is 0.0195. The van der Waals surface area contributed by atoms with Crippen molar-refractivity contribution < 1.29 is 8.42 Å². The van der Waals surface area contributed by atoms with Gasteiger partial charge in [0.2, 0.25) is 10.0 Å². The van der Waals surface area contributed by atoms with Crippen molar-refractivity contribution in [3.8, 4) is 0 Å². The molecule has 0 aromatic rings. The van der Waals surface area contributed by atoms with Gasteiger partial charge in [-0.3, -0.25) is 0 Å². The summed E-state index contributed by atoms with van der Waals surface area (Å²) in [6.45, 7) is 1.95. The van der Waals surface area contributed by atoms with E-state index in [1.807, 2.05) is 6.92 Å². The second-order valence-corrected chi connectivity index (χ2v) is 6.21. The van der Waals surface area contributed by atoms with Gasteiger partial charge in [-0.1, -0.05) is 12.8 Å². The van der Waals surface area contributed by atoms with Crippen molar-refractivity contribution in [2.45, 2.75) is 38.6 Å². The van der Waals surface area contributed by atoms with Crippen LogP contribution >= 0.6 is 11.6 Å². The lowest BCUT2D eigenvalue weighted by Gasteiger charge is -2.19. The Morgan fingerprint density at radius 2 is 2.00 bits per heavy atom. The van der Waals surface area contributed by atoms with Crippen LogP contribution in [0.3, 0.4) is 0 Å². The van der Waals surface area contributed by atoms with Gasteiger partial charge in [-0.2, -0.15) is 0 Å². The van der Waals surface area contributed by atoms with Gasteiger partial charge in [0.25, 0.3) is 0 Å². The van der Waals surface area contributed by atoms with E-state index in [2.05, 4.69) is 4.72 Å². The van der Waals surface area contributed by atoms with Crippen LogP contribution in [0.25, 0.3) is 0 Å². The number of hydrogen-bond donors (Lipinski definition) is 1. The smallest absolute Gasteiger partial charge is 0.212 e. The molecule has 1 aliphatic rings. The molecule has 0 radical (unpaired) electrons. The highest BCUT2D eigenvalue weighted by Gasteiger charge is 2.24. The van der Waals surface area contributed by atoms with Gasteiger partial charge in [-0.15, -0.1) is 11.6 Å². The van der Waals surface area contributed by atoms with Crippen LogP contribution in [0.15, 0.2) is 0 Å². The molecule has 0 saturated heterocycles. The monoisotopic (exact) mass is 239 g/mol. The number of hydrogen-bond acceptors (Lipinski definition) is 2. The molecule has 0 aromatic carbocycles. The van der Waals surface area contributed by atoms with Crippen LogP contribution < -0.4 is 4.72 Å². The molecule has 1 rings (SSSR count). The summed E-state index contributed by atoms with van der Waals surface area (Å²) >= 11 is 5.41. The molecular formula is C9H18ClNO2S. The van der Waals surface area contributed by atoms with E-state index in [1.165, 1.54) is 12.8 Å². The zero-order chi connectivity index (χ0) is 10.6. The molecule has 3 nitrogen and oxygen atoms in total. The van der Waals surface area contributed by atoms with Gasteiger partial charge in [-0.25, -0.2) is 13.1 Å². The standard InChI is InChI=1S/C9H18ClNO2S/c1-8(9-4-2-3-5-9)11-14(12,13)7-6-10/h8-9,11H,2-7H2,1H3/t8-/m1/s1. The molecule has 14 heavy (non-hydrogen) atoms. The Hall–Kier alpha value is 0.200. The fourth-order valence-corrected chi connectivity index (χ4v) is 3.69. The maximum atomic E-state index is 11.4. The summed E-state index contributed by atoms with van der Waals surface area (Å²) in [5, 5.41) is 0. The SMILES string of the molecule is C[C@@H](NS(=O)(=O)CCCl)C1CCCC1. The Labute approximate surface area is 91.3 Å². The number of nitrogens with one attached hydrogen (secondary N) is 1. The van der Waals surface area contributed by atoms with Crippen molar-refractivity contribution in [1.82, 2.24) is 4.72 Å². The molecule has 0 bridgehead atoms. The molecule has 1 aliphatic carbocycles. The summed E-state index contributed by atoms with van der Waals surface area (Å²) < 4.78 is 25.5. The lowest BCUT2D eigenvalue weighted by Crippen LogP contribution is -2.38. The molecule has 0 aromatic heterocycles. The molecule has 5 heteroatoms. The van der Waals surface area contributed by atoms with Crippen LogP contribution in [0, 0.1) is 5.92 Å². The van der Waals surface area contributed by atoms with Gasteiger partial charge >= 0.3 is 0 Å². The van der Waals surface area contributed by atoms with E-state index in [9.17, 15) is 8.42 Å². The Kier molecular flexibility index (Phi) is 4.67. The fourth-order valence-electron chi connectivity index (χ4n) is 2.00. The molecule has 1 fully saturated rings. The first-order chi connectivity index (χ1) is 6.55. The normalized spacial score (nSPS) is 21.3. The molecule has 0 unspecified atom stereocenters. The number of halogens is 1. The first-order valence-electron chi connectivity index (χ1n) is 5.11. The highest BCUT2D eigenvalue weighted by molar-refractivity contribution is 7.89. The summed E-state index contributed by atoms with van der Waals surface area (Å²) in [4.78, 5) is 0. The first-order valence-corrected chi connectivity index (χ1v) is 7.30. The molecule has 1 atom stereocenters. The first kappa shape index (κ1) is 12.3. The lowest BCUT2D eigenvalue weighted by molar-refractivity contribution is 0.424. The van der Waals surface area contributed by atoms with Crippen molar-refractivity contribution >= 4 is 21.6 Å². The third kappa shape index (κ3) is 3.75. The molecule has 0 aliphatic heterocycles. The summed E-state index contributed by atoms with van der Waals surface area (Å²) in [7, 11) is -3.15. The van der Waals surface area contributed by atoms with Crippen molar-refractivity contribution in [3.05, 3.63) is 0 Å². The molecular weight excluding hydrogens is 222 g/mol. The average Bonchev–Trinajstić information content (AvgIpc) is 2.53. The van der Waals surface area contributed by atoms with E-state index in [4.69, 9.17) is 11.6 Å². The molecule has 0 heterocycles. The van der Waals surface area contributed by atoms with E-state index in [0.717, 1.165) is 12.8 Å². The van der Waals surface area contributed by atoms with E-state index < -0.39 is 10.0 Å². The van der Waals surface area contributed by atoms with Gasteiger partial charge in [0, 0.05) is 11.9 Å². The zero-order valence-electron chi connectivity index (χ0n) is 8.50. The van der Waals surface area contributed by atoms with Crippen molar-refractivity contribution in [2.75, 3.05) is 11.6 Å². The number of alkyl halides is 1. The highest BCUT2D eigenvalue weighted by atomic mass is 35.5. The summed E-state index contributed by atoms with van der Waals surface area (Å²) in [6.07, 6.45) is 4.74. The topological polar surface area (TPSA) is 46.2 Å². The van der Waals surface area contributed by atoms with E-state index in [0.29, 0.717) is 5.92 Å². The minimum Gasteiger partial charge on any atom is -0.212 e. The second-order valence-electron chi connectivity index (χ2n) is 3.96. The van der Waals surface area contributed by atoms with E-state index >= 15 is 0 Å². The highest BCUT2D eigenvalue weighted by Crippen LogP contribution is 2.27. The van der Waals surface area contributed by atoms with Crippen molar-refractivity contribution in [2.24, 2.45) is 5.92 Å². The summed E-state index contributed by atoms with van der Waals surface area (Å²) in [6, 6.07) is 0.0608. The Morgan fingerprint density at radius 1 is 1.43 bits per heavy atom. The van der Waals surface area contributed by atoms with Gasteiger partial charge < -0.3 is 0 Å². The summed E-state index contributed by atoms with van der Waals surface area (Å²) in [5.41, 5.74) is 0. The van der Waals surface area contributed by atoms with Gasteiger partial charge in [0.05, 0.1) is 5.75 Å². The Bertz CT molecular complexity index is 260. The molecule has 0 amide bonds. The average molecular weight is 240 g/mol. The Balaban J connectivity index is 2.42. The van der Waals surface area contributed by atoms with Crippen LogP contribution in [-0.4, -0.2) is 26.1 Å². The van der Waals surface area contributed by atoms with E-state index in [1.54, 1.807) is 0 Å². The van der Waals surface area contributed by atoms with Crippen LogP contribution in [0.5, 0.6) is 0 Å². The predicted molar refractivity (Wildman–Crippen MR) is 59.1 cm³/mol. The maximum absolute atomic E-state index is 11.4.